The Labute approximate surface area is 222 Å². The van der Waals surface area contributed by atoms with Crippen LogP contribution in [0.2, 0.25) is 0 Å². The van der Waals surface area contributed by atoms with Gasteiger partial charge in [0, 0.05) is 73.9 Å². The van der Waals surface area contributed by atoms with Gasteiger partial charge in [0.15, 0.2) is 0 Å². The lowest BCUT2D eigenvalue weighted by atomic mass is 9.81. The first kappa shape index (κ1) is 25.0. The fraction of sp³-hybridized carbons (Fsp3) is 0.467. The minimum atomic E-state index is -2.60. The van der Waals surface area contributed by atoms with Crippen molar-refractivity contribution in [2.45, 2.75) is 76.9 Å². The van der Waals surface area contributed by atoms with E-state index in [1.54, 1.807) is 37.1 Å². The summed E-state index contributed by atoms with van der Waals surface area (Å²) in [4.78, 5) is 16.4. The lowest BCUT2D eigenvalue weighted by molar-refractivity contribution is -0.129. The summed E-state index contributed by atoms with van der Waals surface area (Å²) in [7, 11) is 1.80. The first-order valence-corrected chi connectivity index (χ1v) is 13.7. The fourth-order valence-electron chi connectivity index (χ4n) is 6.56. The fourth-order valence-corrected chi connectivity index (χ4v) is 6.56. The molecule has 1 saturated carbocycles. The van der Waals surface area contributed by atoms with Gasteiger partial charge in [-0.25, -0.2) is 8.78 Å². The summed E-state index contributed by atoms with van der Waals surface area (Å²) in [5, 5.41) is 4.21. The minimum Gasteiger partial charge on any atom is -0.341 e. The molecule has 1 amide bonds. The first-order valence-electron chi connectivity index (χ1n) is 13.7. The summed E-state index contributed by atoms with van der Waals surface area (Å²) in [5.41, 5.74) is 14.1. The lowest BCUT2D eigenvalue weighted by Crippen LogP contribution is -2.27. The molecule has 0 radical (unpaired) electrons. The molecule has 6 rings (SSSR count). The second-order valence-corrected chi connectivity index (χ2v) is 11.2. The number of nitrogens with zero attached hydrogens (tertiary/aromatic N) is 4. The van der Waals surface area contributed by atoms with E-state index in [1.807, 2.05) is 11.0 Å². The van der Waals surface area contributed by atoms with Crippen molar-refractivity contribution in [2.24, 2.45) is 12.8 Å². The SMILES string of the molecule is CC(=O)N1Cc2cc(C3CCC(N)CC3)cc(N3CCCc4cc(-c5cnn(C)c5)c(C(F)F)cc43)c2C1. The van der Waals surface area contributed by atoms with Crippen molar-refractivity contribution in [1.29, 1.82) is 0 Å². The number of hydrogen-bond acceptors (Lipinski definition) is 4. The minimum absolute atomic E-state index is 0.0306. The Morgan fingerprint density at radius 1 is 1.05 bits per heavy atom. The van der Waals surface area contributed by atoms with Crippen molar-refractivity contribution in [3.05, 3.63) is 64.5 Å². The molecule has 0 unspecified atom stereocenters. The number of anilines is 2. The molecule has 1 aliphatic carbocycles. The van der Waals surface area contributed by atoms with Crippen LogP contribution in [0, 0.1) is 0 Å². The van der Waals surface area contributed by atoms with Crippen LogP contribution in [-0.2, 0) is 31.4 Å². The molecule has 0 saturated heterocycles. The third-order valence-electron chi connectivity index (χ3n) is 8.65. The van der Waals surface area contributed by atoms with Crippen molar-refractivity contribution >= 4 is 17.3 Å². The van der Waals surface area contributed by atoms with Crippen LogP contribution < -0.4 is 10.6 Å². The van der Waals surface area contributed by atoms with Gasteiger partial charge in [0.1, 0.15) is 0 Å². The van der Waals surface area contributed by atoms with E-state index in [0.717, 1.165) is 67.6 Å². The topological polar surface area (TPSA) is 67.4 Å². The number of amides is 1. The molecule has 3 aliphatic rings. The zero-order valence-electron chi connectivity index (χ0n) is 22.1. The number of rotatable bonds is 4. The van der Waals surface area contributed by atoms with Crippen molar-refractivity contribution in [2.75, 3.05) is 11.4 Å². The van der Waals surface area contributed by atoms with Gasteiger partial charge in [-0.3, -0.25) is 9.48 Å². The quantitative estimate of drug-likeness (QED) is 0.462. The van der Waals surface area contributed by atoms with E-state index in [0.29, 0.717) is 30.1 Å². The molecule has 8 heteroatoms. The normalized spacial score (nSPS) is 21.1. The number of hydrogen-bond donors (Lipinski definition) is 1. The highest BCUT2D eigenvalue weighted by Crippen LogP contribution is 2.45. The van der Waals surface area contributed by atoms with Gasteiger partial charge in [-0.05, 0) is 84.9 Å². The maximum absolute atomic E-state index is 14.4. The average molecular weight is 520 g/mol. The predicted molar refractivity (Wildman–Crippen MR) is 144 cm³/mol. The Bertz CT molecular complexity index is 1380. The van der Waals surface area contributed by atoms with E-state index >= 15 is 0 Å². The largest absolute Gasteiger partial charge is 0.341 e. The van der Waals surface area contributed by atoms with E-state index in [1.165, 1.54) is 11.1 Å². The Morgan fingerprint density at radius 3 is 2.53 bits per heavy atom. The molecule has 6 nitrogen and oxygen atoms in total. The first-order chi connectivity index (χ1) is 18.3. The molecule has 200 valence electrons. The van der Waals surface area contributed by atoms with Crippen LogP contribution in [0.15, 0.2) is 36.7 Å². The van der Waals surface area contributed by atoms with Crippen LogP contribution in [0.3, 0.4) is 0 Å². The summed E-state index contributed by atoms with van der Waals surface area (Å²) >= 11 is 0. The standard InChI is InChI=1S/C30H35F2N5O/c1-18(38)36-16-22-10-21(19-5-7-24(33)8-6-19)12-29(27(22)17-36)37-9-3-4-20-11-25(23-14-34-35(2)15-23)26(30(31)32)13-28(20)37/h10-15,19,24,30H,3-9,16-17,33H2,1-2H3. The van der Waals surface area contributed by atoms with Gasteiger partial charge >= 0.3 is 0 Å². The third kappa shape index (κ3) is 4.49. The highest BCUT2D eigenvalue weighted by Gasteiger charge is 2.32. The molecule has 0 spiro atoms. The molecule has 38 heavy (non-hydrogen) atoms. The van der Waals surface area contributed by atoms with Gasteiger partial charge in [0.2, 0.25) is 5.91 Å². The van der Waals surface area contributed by atoms with Gasteiger partial charge in [-0.15, -0.1) is 0 Å². The van der Waals surface area contributed by atoms with Gasteiger partial charge in [-0.2, -0.15) is 5.10 Å². The second kappa shape index (κ2) is 9.80. The molecule has 3 heterocycles. The number of benzene rings is 2. The second-order valence-electron chi connectivity index (χ2n) is 11.2. The Kier molecular flexibility index (Phi) is 6.46. The van der Waals surface area contributed by atoms with Crippen LogP contribution in [0.1, 0.15) is 79.2 Å². The zero-order valence-corrected chi connectivity index (χ0v) is 22.1. The van der Waals surface area contributed by atoms with E-state index in [2.05, 4.69) is 22.1 Å². The number of nitrogens with two attached hydrogens (primary N) is 1. The molecular formula is C30H35F2N5O. The van der Waals surface area contributed by atoms with Gasteiger partial charge in [0.05, 0.1) is 6.20 Å². The summed E-state index contributed by atoms with van der Waals surface area (Å²) in [6.45, 7) is 3.52. The average Bonchev–Trinajstić information content (AvgIpc) is 3.54. The maximum atomic E-state index is 14.4. The van der Waals surface area contributed by atoms with Crippen molar-refractivity contribution in [1.82, 2.24) is 14.7 Å². The number of carbonyl (C=O) groups excluding carboxylic acids is 1. The molecule has 1 fully saturated rings. The summed E-state index contributed by atoms with van der Waals surface area (Å²) in [6.07, 6.45) is 6.74. The highest BCUT2D eigenvalue weighted by atomic mass is 19.3. The van der Waals surface area contributed by atoms with E-state index in [-0.39, 0.29) is 17.5 Å². The Morgan fingerprint density at radius 2 is 1.84 bits per heavy atom. The van der Waals surface area contributed by atoms with Crippen molar-refractivity contribution in [3.8, 4) is 11.1 Å². The van der Waals surface area contributed by atoms with Crippen LogP contribution in [-0.4, -0.2) is 33.2 Å². The Balaban J connectivity index is 1.47. The maximum Gasteiger partial charge on any atom is 0.264 e. The summed E-state index contributed by atoms with van der Waals surface area (Å²) in [6, 6.07) is 8.45. The van der Waals surface area contributed by atoms with Gasteiger partial charge < -0.3 is 15.5 Å². The van der Waals surface area contributed by atoms with E-state index in [9.17, 15) is 13.6 Å². The number of aromatic nitrogens is 2. The molecule has 1 aromatic heterocycles. The van der Waals surface area contributed by atoms with Crippen LogP contribution in [0.25, 0.3) is 11.1 Å². The molecule has 2 aliphatic heterocycles. The van der Waals surface area contributed by atoms with Crippen LogP contribution >= 0.6 is 0 Å². The number of fused-ring (bicyclic) bond motifs is 2. The predicted octanol–water partition coefficient (Wildman–Crippen LogP) is 5.96. The molecule has 2 N–H and O–H groups in total. The smallest absolute Gasteiger partial charge is 0.264 e. The number of aryl methyl sites for hydroxylation is 2. The Hall–Kier alpha value is -3.26. The molecule has 0 bridgehead atoms. The van der Waals surface area contributed by atoms with Crippen LogP contribution in [0.5, 0.6) is 0 Å². The monoisotopic (exact) mass is 519 g/mol. The van der Waals surface area contributed by atoms with E-state index < -0.39 is 6.43 Å². The molecule has 2 aromatic carbocycles. The summed E-state index contributed by atoms with van der Waals surface area (Å²) in [5.74, 6) is 0.483. The van der Waals surface area contributed by atoms with Crippen molar-refractivity contribution < 1.29 is 13.6 Å². The zero-order chi connectivity index (χ0) is 26.6. The number of halogens is 2. The van der Waals surface area contributed by atoms with Crippen molar-refractivity contribution in [3.63, 3.8) is 0 Å². The highest BCUT2D eigenvalue weighted by molar-refractivity contribution is 5.80. The van der Waals surface area contributed by atoms with Gasteiger partial charge in [0.25, 0.3) is 6.43 Å². The van der Waals surface area contributed by atoms with Crippen LogP contribution in [0.4, 0.5) is 20.2 Å². The number of carbonyl (C=O) groups is 1. The van der Waals surface area contributed by atoms with Gasteiger partial charge in [-0.1, -0.05) is 6.07 Å². The molecular weight excluding hydrogens is 484 g/mol. The molecule has 0 atom stereocenters. The lowest BCUT2D eigenvalue weighted by Gasteiger charge is -2.35. The summed E-state index contributed by atoms with van der Waals surface area (Å²) < 4.78 is 30.5. The number of alkyl halides is 2. The molecule has 3 aromatic rings. The third-order valence-corrected chi connectivity index (χ3v) is 8.65. The van der Waals surface area contributed by atoms with E-state index in [4.69, 9.17) is 5.73 Å².